The Labute approximate surface area is 238 Å². The Hall–Kier alpha value is -2.99. The number of amides is 1. The number of carbonyl (C=O) groups is 1. The summed E-state index contributed by atoms with van der Waals surface area (Å²) in [5, 5.41) is 13.6. The predicted octanol–water partition coefficient (Wildman–Crippen LogP) is 4.67. The SMILES string of the molecule is Cc1c(C(=O)NCc2ccc(S(C)(=O)=O)cn2)nc(C(C)(C)C)n1CC1=CC=CC(C(O)C2CCC2)C1C(F)(F)F. The number of aromatic nitrogens is 3. The number of nitrogens with zero attached hydrogens (tertiary/aromatic N) is 3. The quantitative estimate of drug-likeness (QED) is 0.459. The molecule has 1 amide bonds. The number of nitrogens with one attached hydrogen (secondary N) is 1. The largest absolute Gasteiger partial charge is 0.396 e. The lowest BCUT2D eigenvalue weighted by atomic mass is 9.70. The van der Waals surface area contributed by atoms with Crippen molar-refractivity contribution < 1.29 is 31.5 Å². The summed E-state index contributed by atoms with van der Waals surface area (Å²) >= 11 is 0. The number of aliphatic hydroxyl groups is 1. The van der Waals surface area contributed by atoms with Gasteiger partial charge in [-0.15, -0.1) is 0 Å². The number of imidazole rings is 1. The Kier molecular flexibility index (Phi) is 8.57. The lowest BCUT2D eigenvalue weighted by Crippen LogP contribution is -2.43. The van der Waals surface area contributed by atoms with E-state index in [4.69, 9.17) is 0 Å². The van der Waals surface area contributed by atoms with Crippen LogP contribution in [0, 0.1) is 24.7 Å². The van der Waals surface area contributed by atoms with Crippen LogP contribution < -0.4 is 5.32 Å². The molecule has 8 nitrogen and oxygen atoms in total. The number of alkyl halides is 3. The molecule has 0 radical (unpaired) electrons. The summed E-state index contributed by atoms with van der Waals surface area (Å²) in [5.74, 6) is -3.13. The minimum atomic E-state index is -4.57. The minimum absolute atomic E-state index is 0.00680. The highest BCUT2D eigenvalue weighted by Gasteiger charge is 2.50. The van der Waals surface area contributed by atoms with Gasteiger partial charge in [0.15, 0.2) is 9.84 Å². The van der Waals surface area contributed by atoms with Gasteiger partial charge in [0.05, 0.1) is 29.2 Å². The lowest BCUT2D eigenvalue weighted by molar-refractivity contribution is -0.186. The summed E-state index contributed by atoms with van der Waals surface area (Å²) < 4.78 is 68.5. The van der Waals surface area contributed by atoms with Gasteiger partial charge >= 0.3 is 6.18 Å². The van der Waals surface area contributed by atoms with Gasteiger partial charge in [-0.1, -0.05) is 45.4 Å². The first-order valence-electron chi connectivity index (χ1n) is 13.6. The van der Waals surface area contributed by atoms with Crippen molar-refractivity contribution in [2.24, 2.45) is 17.8 Å². The second-order valence-electron chi connectivity index (χ2n) is 12.1. The molecule has 0 aromatic carbocycles. The van der Waals surface area contributed by atoms with Crippen LogP contribution in [0.4, 0.5) is 13.2 Å². The van der Waals surface area contributed by atoms with Crippen molar-refractivity contribution in [2.75, 3.05) is 6.26 Å². The summed E-state index contributed by atoms with van der Waals surface area (Å²) in [6.07, 6.45) is 3.50. The summed E-state index contributed by atoms with van der Waals surface area (Å²) in [4.78, 5) is 21.9. The number of hydrogen-bond donors (Lipinski definition) is 2. The molecule has 1 fully saturated rings. The maximum absolute atomic E-state index is 14.5. The molecule has 1 saturated carbocycles. The maximum atomic E-state index is 14.5. The molecule has 2 aliphatic rings. The van der Waals surface area contributed by atoms with Crippen molar-refractivity contribution in [1.29, 1.82) is 0 Å². The fourth-order valence-electron chi connectivity index (χ4n) is 5.44. The van der Waals surface area contributed by atoms with Gasteiger partial charge in [-0.3, -0.25) is 9.78 Å². The highest BCUT2D eigenvalue weighted by atomic mass is 32.2. The highest BCUT2D eigenvalue weighted by Crippen LogP contribution is 2.46. The standard InChI is InChI=1S/C29H37F3N4O4S/c1-17-24(26(38)34-14-20-12-13-21(15-33-20)41(5,39)40)35-27(28(2,3)4)36(17)16-19-10-7-11-22(23(19)29(30,31)32)25(37)18-8-6-9-18/h7,10-13,15,18,22-23,25,37H,6,8-9,14,16H2,1-5H3,(H,34,38). The lowest BCUT2D eigenvalue weighted by Gasteiger charge is -2.40. The van der Waals surface area contributed by atoms with E-state index in [2.05, 4.69) is 15.3 Å². The van der Waals surface area contributed by atoms with Crippen LogP contribution in [-0.2, 0) is 28.3 Å². The van der Waals surface area contributed by atoms with Crippen molar-refractivity contribution in [3.63, 3.8) is 0 Å². The van der Waals surface area contributed by atoms with Gasteiger partial charge in [-0.05, 0) is 43.4 Å². The predicted molar refractivity (Wildman–Crippen MR) is 148 cm³/mol. The zero-order valence-electron chi connectivity index (χ0n) is 23.9. The number of carbonyl (C=O) groups excluding carboxylic acids is 1. The van der Waals surface area contributed by atoms with E-state index >= 15 is 0 Å². The number of hydrogen-bond acceptors (Lipinski definition) is 6. The summed E-state index contributed by atoms with van der Waals surface area (Å²) in [6.45, 7) is 7.15. The molecular formula is C29H37F3N4O4S. The van der Waals surface area contributed by atoms with Gasteiger partial charge in [-0.25, -0.2) is 13.4 Å². The van der Waals surface area contributed by atoms with Crippen LogP contribution in [0.1, 0.15) is 67.7 Å². The van der Waals surface area contributed by atoms with E-state index in [1.807, 2.05) is 20.8 Å². The van der Waals surface area contributed by atoms with Crippen molar-refractivity contribution >= 4 is 15.7 Å². The molecule has 2 N–H and O–H groups in total. The van der Waals surface area contributed by atoms with E-state index in [-0.39, 0.29) is 35.2 Å². The molecule has 41 heavy (non-hydrogen) atoms. The normalized spacial score (nSPS) is 20.9. The third-order valence-corrected chi connectivity index (χ3v) is 9.01. The summed E-state index contributed by atoms with van der Waals surface area (Å²) in [5.41, 5.74) is 0.457. The summed E-state index contributed by atoms with van der Waals surface area (Å²) in [7, 11) is -3.41. The second-order valence-corrected chi connectivity index (χ2v) is 14.1. The molecule has 2 aliphatic carbocycles. The van der Waals surface area contributed by atoms with Crippen LogP contribution in [0.15, 0.2) is 47.0 Å². The first kappa shape index (κ1) is 31.0. The van der Waals surface area contributed by atoms with E-state index in [1.165, 1.54) is 30.5 Å². The number of allylic oxidation sites excluding steroid dienone is 3. The van der Waals surface area contributed by atoms with Crippen molar-refractivity contribution in [3.8, 4) is 0 Å². The molecule has 4 rings (SSSR count). The number of rotatable bonds is 8. The number of halogens is 3. The molecule has 3 unspecified atom stereocenters. The van der Waals surface area contributed by atoms with Gasteiger partial charge in [-0.2, -0.15) is 13.2 Å². The topological polar surface area (TPSA) is 114 Å². The third kappa shape index (κ3) is 6.74. The maximum Gasteiger partial charge on any atom is 0.396 e. The fraction of sp³-hybridized carbons (Fsp3) is 0.552. The van der Waals surface area contributed by atoms with E-state index in [1.54, 1.807) is 17.6 Å². The first-order valence-corrected chi connectivity index (χ1v) is 15.5. The number of sulfone groups is 1. The van der Waals surface area contributed by atoms with Crippen molar-refractivity contribution in [2.45, 2.75) is 82.6 Å². The van der Waals surface area contributed by atoms with E-state index in [0.29, 0.717) is 17.2 Å². The molecule has 0 aliphatic heterocycles. The molecule has 0 bridgehead atoms. The molecule has 0 saturated heterocycles. The molecule has 3 atom stereocenters. The van der Waals surface area contributed by atoms with Crippen LogP contribution in [0.25, 0.3) is 0 Å². The number of aliphatic hydroxyl groups excluding tert-OH is 1. The average Bonchev–Trinajstić information content (AvgIpc) is 3.16. The van der Waals surface area contributed by atoms with Gasteiger partial charge in [0, 0.05) is 36.0 Å². The smallest absolute Gasteiger partial charge is 0.392 e. The second kappa shape index (κ2) is 11.4. The zero-order chi connectivity index (χ0) is 30.3. The Morgan fingerprint density at radius 1 is 1.22 bits per heavy atom. The van der Waals surface area contributed by atoms with Gasteiger partial charge in [0.2, 0.25) is 0 Å². The van der Waals surface area contributed by atoms with E-state index in [9.17, 15) is 31.5 Å². The molecular weight excluding hydrogens is 557 g/mol. The van der Waals surface area contributed by atoms with E-state index in [0.717, 1.165) is 25.5 Å². The van der Waals surface area contributed by atoms with Gasteiger partial charge in [0.25, 0.3) is 5.91 Å². The van der Waals surface area contributed by atoms with Crippen LogP contribution in [0.5, 0.6) is 0 Å². The zero-order valence-corrected chi connectivity index (χ0v) is 24.7. The van der Waals surface area contributed by atoms with Crippen LogP contribution in [-0.4, -0.2) is 52.5 Å². The Morgan fingerprint density at radius 2 is 1.90 bits per heavy atom. The molecule has 2 aromatic rings. The molecule has 224 valence electrons. The molecule has 12 heteroatoms. The summed E-state index contributed by atoms with van der Waals surface area (Å²) in [6, 6.07) is 2.90. The van der Waals surface area contributed by atoms with Gasteiger partial charge in [0.1, 0.15) is 11.5 Å². The fourth-order valence-corrected chi connectivity index (χ4v) is 6.00. The van der Waals surface area contributed by atoms with E-state index < -0.39 is 45.3 Å². The van der Waals surface area contributed by atoms with Crippen molar-refractivity contribution in [3.05, 3.63) is 65.0 Å². The Balaban J connectivity index is 1.60. The molecule has 2 aromatic heterocycles. The highest BCUT2D eigenvalue weighted by molar-refractivity contribution is 7.90. The molecule has 2 heterocycles. The van der Waals surface area contributed by atoms with Crippen molar-refractivity contribution in [1.82, 2.24) is 19.9 Å². The average molecular weight is 595 g/mol. The first-order chi connectivity index (χ1) is 19.0. The third-order valence-electron chi connectivity index (χ3n) is 7.91. The van der Waals surface area contributed by atoms with Crippen LogP contribution in [0.3, 0.4) is 0 Å². The minimum Gasteiger partial charge on any atom is -0.392 e. The Morgan fingerprint density at radius 3 is 2.41 bits per heavy atom. The monoisotopic (exact) mass is 594 g/mol. The van der Waals surface area contributed by atoms with Gasteiger partial charge < -0.3 is 15.0 Å². The van der Waals surface area contributed by atoms with Crippen LogP contribution in [0.2, 0.25) is 0 Å². The molecule has 0 spiro atoms. The number of pyridine rings is 1. The van der Waals surface area contributed by atoms with Crippen LogP contribution >= 0.6 is 0 Å². The Bertz CT molecular complexity index is 1450.